The zero-order chi connectivity index (χ0) is 13.2. The van der Waals surface area contributed by atoms with Crippen molar-refractivity contribution in [2.24, 2.45) is 10.7 Å². The number of nitrogens with zero attached hydrogens (tertiary/aromatic N) is 3. The topological polar surface area (TPSA) is 54.1 Å². The average molecular weight is 254 g/mol. The van der Waals surface area contributed by atoms with Gasteiger partial charge in [0.15, 0.2) is 5.96 Å². The third-order valence-corrected chi connectivity index (χ3v) is 4.26. The lowest BCUT2D eigenvalue weighted by atomic mass is 9.79. The molecule has 1 aliphatic heterocycles. The van der Waals surface area contributed by atoms with Gasteiger partial charge in [-0.3, -0.25) is 4.99 Å². The van der Waals surface area contributed by atoms with Gasteiger partial charge in [0, 0.05) is 20.2 Å². The third kappa shape index (κ3) is 2.62. The van der Waals surface area contributed by atoms with E-state index in [1.165, 1.54) is 19.3 Å². The van der Waals surface area contributed by atoms with E-state index >= 15 is 0 Å². The Balaban J connectivity index is 2.06. The predicted molar refractivity (Wildman–Crippen MR) is 73.7 cm³/mol. The first-order valence-corrected chi connectivity index (χ1v) is 6.82. The minimum absolute atomic E-state index is 0.124. The molecule has 0 amide bonds. The van der Waals surface area contributed by atoms with E-state index in [2.05, 4.69) is 28.9 Å². The summed E-state index contributed by atoms with van der Waals surface area (Å²) < 4.78 is 5.56. The summed E-state index contributed by atoms with van der Waals surface area (Å²) in [5.74, 6) is 0.716. The highest BCUT2D eigenvalue weighted by atomic mass is 16.5. The summed E-state index contributed by atoms with van der Waals surface area (Å²) in [5.41, 5.74) is 6.20. The molecule has 1 spiro atoms. The fourth-order valence-electron chi connectivity index (χ4n) is 3.17. The molecule has 1 aliphatic carbocycles. The number of likely N-dealkylation sites (N-methyl/N-ethyl adjacent to an activating group) is 1. The molecule has 1 heterocycles. The number of guanidine groups is 1. The average Bonchev–Trinajstić information content (AvgIpc) is 2.64. The van der Waals surface area contributed by atoms with E-state index in [1.54, 1.807) is 0 Å². The van der Waals surface area contributed by atoms with Gasteiger partial charge in [-0.1, -0.05) is 0 Å². The van der Waals surface area contributed by atoms with Crippen molar-refractivity contribution in [1.82, 2.24) is 9.80 Å². The van der Waals surface area contributed by atoms with Crippen LogP contribution >= 0.6 is 0 Å². The molecule has 2 atom stereocenters. The summed E-state index contributed by atoms with van der Waals surface area (Å²) in [6, 6.07) is 0. The molecule has 104 valence electrons. The van der Waals surface area contributed by atoms with E-state index in [-0.39, 0.29) is 5.54 Å². The summed E-state index contributed by atoms with van der Waals surface area (Å²) >= 11 is 0. The molecule has 0 aromatic carbocycles. The smallest absolute Gasteiger partial charge is 0.191 e. The van der Waals surface area contributed by atoms with E-state index in [1.807, 2.05) is 7.11 Å². The van der Waals surface area contributed by atoms with Crippen LogP contribution in [0, 0.1) is 0 Å². The van der Waals surface area contributed by atoms with Crippen molar-refractivity contribution < 1.29 is 4.74 Å². The minimum Gasteiger partial charge on any atom is -0.381 e. The number of methoxy groups -OCH3 is 1. The van der Waals surface area contributed by atoms with Gasteiger partial charge in [0.25, 0.3) is 0 Å². The number of ether oxygens (including phenoxy) is 1. The Morgan fingerprint density at radius 1 is 1.56 bits per heavy atom. The molecule has 2 N–H and O–H groups in total. The van der Waals surface area contributed by atoms with Crippen molar-refractivity contribution in [3.05, 3.63) is 0 Å². The van der Waals surface area contributed by atoms with Crippen LogP contribution in [0.25, 0.3) is 0 Å². The van der Waals surface area contributed by atoms with E-state index in [4.69, 9.17) is 10.5 Å². The van der Waals surface area contributed by atoms with E-state index in [0.717, 1.165) is 26.1 Å². The van der Waals surface area contributed by atoms with Gasteiger partial charge in [-0.15, -0.1) is 0 Å². The van der Waals surface area contributed by atoms with Gasteiger partial charge < -0.3 is 20.3 Å². The summed E-state index contributed by atoms with van der Waals surface area (Å²) in [6.07, 6.45) is 4.98. The lowest BCUT2D eigenvalue weighted by Gasteiger charge is -2.44. The lowest BCUT2D eigenvalue weighted by Crippen LogP contribution is -2.56. The standard InChI is InChI=1S/C13H26N4O/c1-16(2)7-8-17-12(14)15-10-13(17)6-4-5-11(9-13)18-3/h11H,4-10H2,1-3H3,(H2,14,15). The maximum Gasteiger partial charge on any atom is 0.191 e. The van der Waals surface area contributed by atoms with Crippen LogP contribution < -0.4 is 5.73 Å². The molecule has 2 aliphatic rings. The molecule has 5 nitrogen and oxygen atoms in total. The van der Waals surface area contributed by atoms with Crippen molar-refractivity contribution >= 4 is 5.96 Å². The summed E-state index contributed by atoms with van der Waals surface area (Å²) in [5, 5.41) is 0. The Hall–Kier alpha value is -0.810. The Bertz CT molecular complexity index is 318. The van der Waals surface area contributed by atoms with Crippen molar-refractivity contribution in [3.63, 3.8) is 0 Å². The molecule has 2 rings (SSSR count). The maximum absolute atomic E-state index is 6.07. The molecule has 0 bridgehead atoms. The number of hydrogen-bond donors (Lipinski definition) is 1. The van der Waals surface area contributed by atoms with Gasteiger partial charge >= 0.3 is 0 Å². The van der Waals surface area contributed by atoms with Crippen LogP contribution in [0.15, 0.2) is 4.99 Å². The molecule has 1 saturated carbocycles. The highest BCUT2D eigenvalue weighted by Gasteiger charge is 2.45. The van der Waals surface area contributed by atoms with Crippen molar-refractivity contribution in [2.75, 3.05) is 40.8 Å². The first kappa shape index (κ1) is 13.6. The monoisotopic (exact) mass is 254 g/mol. The van der Waals surface area contributed by atoms with Crippen LogP contribution in [-0.2, 0) is 4.74 Å². The molecule has 0 aromatic rings. The molecular weight excluding hydrogens is 228 g/mol. The van der Waals surface area contributed by atoms with Crippen LogP contribution in [0.2, 0.25) is 0 Å². The SMILES string of the molecule is COC1CCCC2(CN=C(N)N2CCN(C)C)C1. The van der Waals surface area contributed by atoms with Gasteiger partial charge in [0.2, 0.25) is 0 Å². The number of nitrogens with two attached hydrogens (primary N) is 1. The van der Waals surface area contributed by atoms with Crippen LogP contribution in [0.5, 0.6) is 0 Å². The first-order valence-electron chi connectivity index (χ1n) is 6.82. The fraction of sp³-hybridized carbons (Fsp3) is 0.923. The Labute approximate surface area is 110 Å². The maximum atomic E-state index is 6.07. The second-order valence-corrected chi connectivity index (χ2v) is 5.81. The normalized spacial score (nSPS) is 32.3. The molecule has 18 heavy (non-hydrogen) atoms. The largest absolute Gasteiger partial charge is 0.381 e. The van der Waals surface area contributed by atoms with Crippen LogP contribution in [-0.4, -0.2) is 68.2 Å². The number of aliphatic imine (C=N–C) groups is 1. The lowest BCUT2D eigenvalue weighted by molar-refractivity contribution is 0.00812. The fourth-order valence-corrected chi connectivity index (χ4v) is 3.17. The molecule has 0 aromatic heterocycles. The molecule has 1 fully saturated rings. The molecule has 5 heteroatoms. The number of hydrogen-bond acceptors (Lipinski definition) is 5. The summed E-state index contributed by atoms with van der Waals surface area (Å²) in [7, 11) is 6.00. The second kappa shape index (κ2) is 5.45. The predicted octanol–water partition coefficient (Wildman–Crippen LogP) is 0.506. The Morgan fingerprint density at radius 2 is 2.33 bits per heavy atom. The zero-order valence-electron chi connectivity index (χ0n) is 11.9. The van der Waals surface area contributed by atoms with Gasteiger partial charge in [-0.05, 0) is 39.8 Å². The molecule has 0 saturated heterocycles. The van der Waals surface area contributed by atoms with E-state index < -0.39 is 0 Å². The Kier molecular flexibility index (Phi) is 4.12. The summed E-state index contributed by atoms with van der Waals surface area (Å²) in [6.45, 7) is 2.81. The highest BCUT2D eigenvalue weighted by Crippen LogP contribution is 2.37. The second-order valence-electron chi connectivity index (χ2n) is 5.81. The van der Waals surface area contributed by atoms with Gasteiger partial charge in [0.1, 0.15) is 0 Å². The quantitative estimate of drug-likeness (QED) is 0.794. The van der Waals surface area contributed by atoms with Gasteiger partial charge in [0.05, 0.1) is 18.2 Å². The molecule has 0 radical (unpaired) electrons. The van der Waals surface area contributed by atoms with E-state index in [0.29, 0.717) is 12.1 Å². The molecular formula is C13H26N4O. The van der Waals surface area contributed by atoms with Crippen molar-refractivity contribution in [1.29, 1.82) is 0 Å². The highest BCUT2D eigenvalue weighted by molar-refractivity contribution is 5.81. The van der Waals surface area contributed by atoms with E-state index in [9.17, 15) is 0 Å². The minimum atomic E-state index is 0.124. The van der Waals surface area contributed by atoms with Crippen molar-refractivity contribution in [3.8, 4) is 0 Å². The van der Waals surface area contributed by atoms with Gasteiger partial charge in [-0.25, -0.2) is 0 Å². The zero-order valence-corrected chi connectivity index (χ0v) is 11.9. The van der Waals surface area contributed by atoms with Crippen LogP contribution in [0.1, 0.15) is 25.7 Å². The summed E-state index contributed by atoms with van der Waals surface area (Å²) in [4.78, 5) is 9.00. The molecule has 2 unspecified atom stereocenters. The first-order chi connectivity index (χ1) is 8.57. The van der Waals surface area contributed by atoms with Gasteiger partial charge in [-0.2, -0.15) is 0 Å². The number of rotatable bonds is 4. The van der Waals surface area contributed by atoms with Crippen LogP contribution in [0.4, 0.5) is 0 Å². The third-order valence-electron chi connectivity index (χ3n) is 4.26. The van der Waals surface area contributed by atoms with Crippen LogP contribution in [0.3, 0.4) is 0 Å². The Morgan fingerprint density at radius 3 is 3.00 bits per heavy atom. The van der Waals surface area contributed by atoms with Crippen molar-refractivity contribution in [2.45, 2.75) is 37.3 Å².